The van der Waals surface area contributed by atoms with Gasteiger partial charge in [0.1, 0.15) is 11.8 Å². The highest BCUT2D eigenvalue weighted by atomic mass is 16.5. The van der Waals surface area contributed by atoms with E-state index in [-0.39, 0.29) is 25.1 Å². The minimum absolute atomic E-state index is 0.0129. The summed E-state index contributed by atoms with van der Waals surface area (Å²) in [6, 6.07) is 1.02. The molecule has 0 fully saturated rings. The molecule has 2 unspecified atom stereocenters. The van der Waals surface area contributed by atoms with Crippen LogP contribution in [0.3, 0.4) is 0 Å². The number of aliphatic hydroxyl groups excluding tert-OH is 2. The summed E-state index contributed by atoms with van der Waals surface area (Å²) in [6.07, 6.45) is 2.44. The van der Waals surface area contributed by atoms with Gasteiger partial charge in [0.15, 0.2) is 6.04 Å². The maximum absolute atomic E-state index is 13.2. The fourth-order valence-electron chi connectivity index (χ4n) is 4.45. The van der Waals surface area contributed by atoms with Crippen molar-refractivity contribution < 1.29 is 34.4 Å². The van der Waals surface area contributed by atoms with Crippen molar-refractivity contribution in [1.29, 1.82) is 0 Å². The van der Waals surface area contributed by atoms with Gasteiger partial charge in [-0.3, -0.25) is 9.59 Å². The Balaban J connectivity index is 2.15. The Hall–Kier alpha value is -3.25. The van der Waals surface area contributed by atoms with Crippen LogP contribution in [-0.2, 0) is 25.5 Å². The van der Waals surface area contributed by atoms with Crippen LogP contribution in [0.2, 0.25) is 0 Å². The lowest BCUT2D eigenvalue weighted by Crippen LogP contribution is -2.61. The lowest BCUT2D eigenvalue weighted by Gasteiger charge is -2.40. The molecule has 1 aliphatic carbocycles. The summed E-state index contributed by atoms with van der Waals surface area (Å²) in [6.45, 7) is 1.80. The van der Waals surface area contributed by atoms with E-state index in [0.29, 0.717) is 23.1 Å². The molecule has 2 aliphatic rings. The number of carbonyl (C=O) groups excluding carboxylic acids is 3. The number of phenolic OH excluding ortho intramolecular Hbond substituents is 1. The standard InChI is InChI=1S/C25H34N4O7/c1-25-12-14(6-8-19(25)31)13-5-7-18(30)15(10-13)11-16(27)22(33)28-17(4-3-9-26)23(34)29-20(21(25)32)24(35)36-2/h5-8,10,12,16-17,19-21,30-32H,3-4,9,11,26-27H2,1-2H3,(H,28,33)(H,29,34)/t16-,17-,19?,20-,21-,25?/m0/s1. The molecule has 2 amide bonds. The van der Waals surface area contributed by atoms with Crippen LogP contribution in [0, 0.1) is 5.41 Å². The fraction of sp³-hybridized carbons (Fsp3) is 0.480. The van der Waals surface area contributed by atoms with Crippen LogP contribution >= 0.6 is 0 Å². The Morgan fingerprint density at radius 3 is 2.61 bits per heavy atom. The summed E-state index contributed by atoms with van der Waals surface area (Å²) in [7, 11) is 1.11. The highest BCUT2D eigenvalue weighted by molar-refractivity contribution is 5.92. The summed E-state index contributed by atoms with van der Waals surface area (Å²) in [4.78, 5) is 38.7. The number of amides is 2. The third-order valence-electron chi connectivity index (χ3n) is 6.79. The number of rotatable bonds is 4. The molecule has 0 aromatic heterocycles. The molecule has 1 aromatic rings. The summed E-state index contributed by atoms with van der Waals surface area (Å²) in [5.41, 5.74) is 11.9. The van der Waals surface area contributed by atoms with E-state index in [0.717, 1.165) is 7.11 Å². The monoisotopic (exact) mass is 502 g/mol. The molecule has 1 heterocycles. The van der Waals surface area contributed by atoms with Gasteiger partial charge in [-0.2, -0.15) is 0 Å². The minimum atomic E-state index is -1.61. The zero-order valence-corrected chi connectivity index (χ0v) is 20.3. The van der Waals surface area contributed by atoms with Gasteiger partial charge in [-0.15, -0.1) is 0 Å². The molecule has 0 saturated heterocycles. The topological polar surface area (TPSA) is 197 Å². The van der Waals surface area contributed by atoms with Gasteiger partial charge in [-0.05, 0) is 48.2 Å². The third-order valence-corrected chi connectivity index (χ3v) is 6.79. The number of nitrogens with two attached hydrogens (primary N) is 2. The largest absolute Gasteiger partial charge is 0.508 e. The van der Waals surface area contributed by atoms with E-state index in [4.69, 9.17) is 16.2 Å². The number of nitrogens with one attached hydrogen (secondary N) is 2. The number of methoxy groups -OCH3 is 1. The molecule has 6 atom stereocenters. The van der Waals surface area contributed by atoms with E-state index < -0.39 is 53.5 Å². The Kier molecular flexibility index (Phi) is 8.51. The van der Waals surface area contributed by atoms with E-state index in [1.165, 1.54) is 12.1 Å². The molecule has 4 bridgehead atoms. The summed E-state index contributed by atoms with van der Waals surface area (Å²) in [5.74, 6) is -2.36. The highest BCUT2D eigenvalue weighted by Gasteiger charge is 2.47. The van der Waals surface area contributed by atoms with Gasteiger partial charge >= 0.3 is 5.97 Å². The van der Waals surface area contributed by atoms with Crippen molar-refractivity contribution in [3.63, 3.8) is 0 Å². The predicted octanol–water partition coefficient (Wildman–Crippen LogP) is -1.16. The van der Waals surface area contributed by atoms with Gasteiger partial charge in [-0.1, -0.05) is 31.2 Å². The van der Waals surface area contributed by atoms with Crippen LogP contribution in [0.5, 0.6) is 5.75 Å². The molecule has 0 saturated carbocycles. The summed E-state index contributed by atoms with van der Waals surface area (Å²) < 4.78 is 4.83. The number of allylic oxidation sites excluding steroid dienone is 2. The number of phenols is 1. The highest BCUT2D eigenvalue weighted by Crippen LogP contribution is 2.39. The third kappa shape index (κ3) is 5.59. The molecule has 196 valence electrons. The predicted molar refractivity (Wildman–Crippen MR) is 131 cm³/mol. The van der Waals surface area contributed by atoms with Gasteiger partial charge in [0.2, 0.25) is 11.8 Å². The first kappa shape index (κ1) is 27.3. The van der Waals surface area contributed by atoms with Crippen molar-refractivity contribution in [2.75, 3.05) is 13.7 Å². The van der Waals surface area contributed by atoms with Crippen LogP contribution < -0.4 is 22.1 Å². The minimum Gasteiger partial charge on any atom is -0.508 e. The molecule has 0 radical (unpaired) electrons. The van der Waals surface area contributed by atoms with Crippen molar-refractivity contribution in [3.8, 4) is 5.75 Å². The smallest absolute Gasteiger partial charge is 0.331 e. The van der Waals surface area contributed by atoms with Crippen LogP contribution in [0.1, 0.15) is 30.9 Å². The fourth-order valence-corrected chi connectivity index (χ4v) is 4.45. The van der Waals surface area contributed by atoms with Gasteiger partial charge in [0.25, 0.3) is 0 Å². The lowest BCUT2D eigenvalue weighted by atomic mass is 9.71. The maximum Gasteiger partial charge on any atom is 0.331 e. The van der Waals surface area contributed by atoms with Crippen LogP contribution in [-0.4, -0.2) is 77.1 Å². The van der Waals surface area contributed by atoms with Crippen molar-refractivity contribution in [1.82, 2.24) is 10.6 Å². The first-order chi connectivity index (χ1) is 17.0. The molecule has 11 heteroatoms. The molecule has 0 spiro atoms. The Bertz CT molecular complexity index is 1070. The normalized spacial score (nSPS) is 30.8. The number of carbonyl (C=O) groups is 3. The molecular formula is C25H34N4O7. The zero-order valence-electron chi connectivity index (χ0n) is 20.3. The van der Waals surface area contributed by atoms with Gasteiger partial charge in [-0.25, -0.2) is 4.79 Å². The average Bonchev–Trinajstić information content (AvgIpc) is 2.86. The molecule has 36 heavy (non-hydrogen) atoms. The van der Waals surface area contributed by atoms with Crippen molar-refractivity contribution >= 4 is 23.4 Å². The number of hydrogen-bond acceptors (Lipinski definition) is 9. The number of aromatic hydroxyl groups is 1. The summed E-state index contributed by atoms with van der Waals surface area (Å²) in [5, 5.41) is 37.6. The summed E-state index contributed by atoms with van der Waals surface area (Å²) >= 11 is 0. The maximum atomic E-state index is 13.2. The van der Waals surface area contributed by atoms with E-state index in [1.54, 1.807) is 31.2 Å². The number of hydrogen-bond donors (Lipinski definition) is 7. The van der Waals surface area contributed by atoms with Crippen LogP contribution in [0.25, 0.3) is 5.57 Å². The molecule has 9 N–H and O–H groups in total. The Labute approximate surface area is 209 Å². The lowest BCUT2D eigenvalue weighted by molar-refractivity contribution is -0.152. The number of fused-ring (bicyclic) bond motifs is 4. The number of esters is 1. The van der Waals surface area contributed by atoms with Crippen LogP contribution in [0.4, 0.5) is 0 Å². The van der Waals surface area contributed by atoms with E-state index >= 15 is 0 Å². The first-order valence-electron chi connectivity index (χ1n) is 11.8. The van der Waals surface area contributed by atoms with Gasteiger partial charge in [0.05, 0.1) is 25.4 Å². The second-order valence-corrected chi connectivity index (χ2v) is 9.37. The van der Waals surface area contributed by atoms with Gasteiger partial charge in [0, 0.05) is 11.8 Å². The SMILES string of the molecule is COC(=O)[C@H]1NC(=O)[C@H](CCCN)NC(=O)[C@@H](N)Cc2cc(ccc2O)C2=CC(C)(C(O)C=C2)[C@H]1O. The van der Waals surface area contributed by atoms with Crippen molar-refractivity contribution in [2.24, 2.45) is 16.9 Å². The van der Waals surface area contributed by atoms with E-state index in [2.05, 4.69) is 10.6 Å². The molecular weight excluding hydrogens is 468 g/mol. The zero-order chi connectivity index (χ0) is 26.6. The Morgan fingerprint density at radius 1 is 1.22 bits per heavy atom. The second kappa shape index (κ2) is 11.2. The van der Waals surface area contributed by atoms with E-state index in [9.17, 15) is 29.7 Å². The number of ether oxygens (including phenoxy) is 1. The molecule has 1 aromatic carbocycles. The number of aliphatic hydroxyl groups is 2. The van der Waals surface area contributed by atoms with E-state index in [1.807, 2.05) is 0 Å². The molecule has 1 aliphatic heterocycles. The van der Waals surface area contributed by atoms with Gasteiger partial charge < -0.3 is 42.2 Å². The Morgan fingerprint density at radius 2 is 1.94 bits per heavy atom. The molecule has 11 nitrogen and oxygen atoms in total. The van der Waals surface area contributed by atoms with Crippen LogP contribution in [0.15, 0.2) is 36.4 Å². The average molecular weight is 503 g/mol. The van der Waals surface area contributed by atoms with Crippen molar-refractivity contribution in [3.05, 3.63) is 47.6 Å². The second-order valence-electron chi connectivity index (χ2n) is 9.37. The quantitative estimate of drug-likeness (QED) is 0.248. The van der Waals surface area contributed by atoms with Crippen molar-refractivity contribution in [2.45, 2.75) is 56.5 Å². The number of benzene rings is 1. The first-order valence-corrected chi connectivity index (χ1v) is 11.8. The molecule has 3 rings (SSSR count).